The molecule has 2 aliphatic rings. The summed E-state index contributed by atoms with van der Waals surface area (Å²) in [5, 5.41) is 14.3. The van der Waals surface area contributed by atoms with E-state index in [-0.39, 0.29) is 12.1 Å². The zero-order chi connectivity index (χ0) is 13.7. The second-order valence-electron chi connectivity index (χ2n) is 4.98. The molecule has 3 unspecified atom stereocenters. The maximum atomic E-state index is 11.5. The minimum Gasteiger partial charge on any atom is -0.479 e. The standard InChI is InChI=1S/C12H20N2O5/c15-11(16)10-2-1-9(19-10)6-14-12(17)13-5-8-3-4-18-7-8/h8-10H,1-7H2,(H,15,16)(H2,13,14,17). The van der Waals surface area contributed by atoms with Crippen molar-refractivity contribution in [2.75, 3.05) is 26.3 Å². The van der Waals surface area contributed by atoms with Crippen LogP contribution in [0, 0.1) is 5.92 Å². The van der Waals surface area contributed by atoms with Crippen molar-refractivity contribution >= 4 is 12.0 Å². The van der Waals surface area contributed by atoms with E-state index in [1.165, 1.54) is 0 Å². The number of hydrogen-bond acceptors (Lipinski definition) is 4. The van der Waals surface area contributed by atoms with Crippen molar-refractivity contribution in [3.63, 3.8) is 0 Å². The number of urea groups is 1. The molecule has 2 amide bonds. The Labute approximate surface area is 111 Å². The first-order valence-electron chi connectivity index (χ1n) is 6.63. The van der Waals surface area contributed by atoms with Crippen LogP contribution >= 0.6 is 0 Å². The first-order valence-corrected chi connectivity index (χ1v) is 6.63. The highest BCUT2D eigenvalue weighted by Gasteiger charge is 2.30. The van der Waals surface area contributed by atoms with Crippen LogP contribution in [0.15, 0.2) is 0 Å². The van der Waals surface area contributed by atoms with Gasteiger partial charge in [-0.2, -0.15) is 0 Å². The second-order valence-corrected chi connectivity index (χ2v) is 4.98. The number of rotatable bonds is 5. The summed E-state index contributed by atoms with van der Waals surface area (Å²) < 4.78 is 10.5. The van der Waals surface area contributed by atoms with E-state index < -0.39 is 12.1 Å². The SMILES string of the molecule is O=C(NCC1CCOC1)NCC1CCC(C(=O)O)O1. The molecule has 3 N–H and O–H groups in total. The van der Waals surface area contributed by atoms with Crippen molar-refractivity contribution in [3.8, 4) is 0 Å². The highest BCUT2D eigenvalue weighted by atomic mass is 16.5. The van der Waals surface area contributed by atoms with Crippen LogP contribution in [0.1, 0.15) is 19.3 Å². The molecule has 2 saturated heterocycles. The van der Waals surface area contributed by atoms with Crippen molar-refractivity contribution < 1.29 is 24.2 Å². The Bertz CT molecular complexity index is 330. The van der Waals surface area contributed by atoms with Gasteiger partial charge in [0, 0.05) is 25.6 Å². The smallest absolute Gasteiger partial charge is 0.332 e. The number of carboxylic acid groups (broad SMARTS) is 1. The van der Waals surface area contributed by atoms with Crippen LogP contribution in [-0.2, 0) is 14.3 Å². The van der Waals surface area contributed by atoms with Gasteiger partial charge in [-0.1, -0.05) is 0 Å². The Morgan fingerprint density at radius 3 is 2.58 bits per heavy atom. The first kappa shape index (κ1) is 14.1. The van der Waals surface area contributed by atoms with Gasteiger partial charge in [-0.05, 0) is 19.3 Å². The van der Waals surface area contributed by atoms with Gasteiger partial charge in [-0.15, -0.1) is 0 Å². The van der Waals surface area contributed by atoms with Gasteiger partial charge in [0.2, 0.25) is 0 Å². The molecule has 0 spiro atoms. The number of carbonyl (C=O) groups is 2. The monoisotopic (exact) mass is 272 g/mol. The molecule has 7 nitrogen and oxygen atoms in total. The summed E-state index contributed by atoms with van der Waals surface area (Å²) in [5.74, 6) is -0.543. The van der Waals surface area contributed by atoms with E-state index in [9.17, 15) is 9.59 Å². The van der Waals surface area contributed by atoms with E-state index in [4.69, 9.17) is 14.6 Å². The molecule has 0 aliphatic carbocycles. The Morgan fingerprint density at radius 1 is 1.16 bits per heavy atom. The molecule has 2 heterocycles. The van der Waals surface area contributed by atoms with Crippen LogP contribution in [-0.4, -0.2) is 55.6 Å². The summed E-state index contributed by atoms with van der Waals surface area (Å²) in [6, 6.07) is -0.241. The van der Waals surface area contributed by atoms with E-state index in [2.05, 4.69) is 10.6 Å². The summed E-state index contributed by atoms with van der Waals surface area (Å²) in [4.78, 5) is 22.2. The molecule has 3 atom stereocenters. The first-order chi connectivity index (χ1) is 9.15. The number of ether oxygens (including phenoxy) is 2. The van der Waals surface area contributed by atoms with Crippen molar-refractivity contribution in [2.24, 2.45) is 5.92 Å². The number of carbonyl (C=O) groups excluding carboxylic acids is 1. The molecule has 2 aliphatic heterocycles. The predicted octanol–water partition coefficient (Wildman–Crippen LogP) is -0.0457. The van der Waals surface area contributed by atoms with Gasteiger partial charge in [0.05, 0.1) is 12.7 Å². The van der Waals surface area contributed by atoms with Gasteiger partial charge in [0.25, 0.3) is 0 Å². The molecule has 0 bridgehead atoms. The molecule has 0 aromatic rings. The van der Waals surface area contributed by atoms with Gasteiger partial charge in [0.1, 0.15) is 0 Å². The molecule has 0 aromatic heterocycles. The van der Waals surface area contributed by atoms with Crippen molar-refractivity contribution in [1.82, 2.24) is 10.6 Å². The average Bonchev–Trinajstić information content (AvgIpc) is 3.05. The van der Waals surface area contributed by atoms with Gasteiger partial charge < -0.3 is 25.2 Å². The summed E-state index contributed by atoms with van der Waals surface area (Å²) in [6.07, 6.45) is 1.20. The van der Waals surface area contributed by atoms with Crippen LogP contribution in [0.3, 0.4) is 0 Å². The summed E-state index contributed by atoms with van der Waals surface area (Å²) in [6.45, 7) is 2.42. The molecule has 2 rings (SSSR count). The molecule has 108 valence electrons. The van der Waals surface area contributed by atoms with Gasteiger partial charge in [-0.3, -0.25) is 0 Å². The molecule has 2 fully saturated rings. The molecular weight excluding hydrogens is 252 g/mol. The fourth-order valence-corrected chi connectivity index (χ4v) is 2.29. The van der Waals surface area contributed by atoms with Crippen molar-refractivity contribution in [1.29, 1.82) is 0 Å². The fourth-order valence-electron chi connectivity index (χ4n) is 2.29. The zero-order valence-corrected chi connectivity index (χ0v) is 10.8. The quantitative estimate of drug-likeness (QED) is 0.652. The molecule has 7 heteroatoms. The van der Waals surface area contributed by atoms with E-state index in [0.29, 0.717) is 38.5 Å². The zero-order valence-electron chi connectivity index (χ0n) is 10.8. The van der Waals surface area contributed by atoms with Crippen LogP contribution in [0.2, 0.25) is 0 Å². The Balaban J connectivity index is 1.57. The third-order valence-electron chi connectivity index (χ3n) is 3.45. The molecule has 0 radical (unpaired) electrons. The van der Waals surface area contributed by atoms with Crippen molar-refractivity contribution in [3.05, 3.63) is 0 Å². The number of nitrogens with one attached hydrogen (secondary N) is 2. The lowest BCUT2D eigenvalue weighted by Gasteiger charge is -2.14. The Morgan fingerprint density at radius 2 is 1.95 bits per heavy atom. The van der Waals surface area contributed by atoms with E-state index in [1.807, 2.05) is 0 Å². The lowest BCUT2D eigenvalue weighted by molar-refractivity contribution is -0.149. The summed E-state index contributed by atoms with van der Waals surface area (Å²) in [5.41, 5.74) is 0. The van der Waals surface area contributed by atoms with E-state index in [0.717, 1.165) is 13.0 Å². The normalized spacial score (nSPS) is 30.2. The summed E-state index contributed by atoms with van der Waals surface area (Å²) >= 11 is 0. The third kappa shape index (κ3) is 4.36. The van der Waals surface area contributed by atoms with Gasteiger partial charge in [0.15, 0.2) is 6.10 Å². The number of hydrogen-bond donors (Lipinski definition) is 3. The van der Waals surface area contributed by atoms with Gasteiger partial charge in [-0.25, -0.2) is 9.59 Å². The Hall–Kier alpha value is -1.34. The third-order valence-corrected chi connectivity index (χ3v) is 3.45. The van der Waals surface area contributed by atoms with E-state index in [1.54, 1.807) is 0 Å². The number of aliphatic carboxylic acids is 1. The molecule has 19 heavy (non-hydrogen) atoms. The predicted molar refractivity (Wildman–Crippen MR) is 65.9 cm³/mol. The minimum atomic E-state index is -0.937. The lowest BCUT2D eigenvalue weighted by atomic mass is 10.1. The van der Waals surface area contributed by atoms with Crippen LogP contribution in [0.5, 0.6) is 0 Å². The van der Waals surface area contributed by atoms with Crippen LogP contribution in [0.4, 0.5) is 4.79 Å². The number of carboxylic acids is 1. The maximum absolute atomic E-state index is 11.5. The lowest BCUT2D eigenvalue weighted by Crippen LogP contribution is -2.41. The Kier molecular flexibility index (Phi) is 4.98. The topological polar surface area (TPSA) is 96.9 Å². The largest absolute Gasteiger partial charge is 0.479 e. The fraction of sp³-hybridized carbons (Fsp3) is 0.833. The molecule has 0 saturated carbocycles. The molecule has 0 aromatic carbocycles. The van der Waals surface area contributed by atoms with E-state index >= 15 is 0 Å². The average molecular weight is 272 g/mol. The summed E-state index contributed by atoms with van der Waals surface area (Å²) in [7, 11) is 0. The van der Waals surface area contributed by atoms with Crippen LogP contribution < -0.4 is 10.6 Å². The highest BCUT2D eigenvalue weighted by molar-refractivity contribution is 5.74. The second kappa shape index (κ2) is 6.72. The minimum absolute atomic E-state index is 0.207. The van der Waals surface area contributed by atoms with Gasteiger partial charge >= 0.3 is 12.0 Å². The highest BCUT2D eigenvalue weighted by Crippen LogP contribution is 2.19. The maximum Gasteiger partial charge on any atom is 0.332 e. The number of amides is 2. The molecular formula is C12H20N2O5. The van der Waals surface area contributed by atoms with Crippen molar-refractivity contribution in [2.45, 2.75) is 31.5 Å². The van der Waals surface area contributed by atoms with Crippen LogP contribution in [0.25, 0.3) is 0 Å².